The molecule has 25 heavy (non-hydrogen) atoms. The van der Waals surface area contributed by atoms with Gasteiger partial charge in [-0.2, -0.15) is 0 Å². The molecule has 0 amide bonds. The van der Waals surface area contributed by atoms with Crippen LogP contribution in [0.2, 0.25) is 0 Å². The van der Waals surface area contributed by atoms with E-state index in [1.165, 1.54) is 0 Å². The van der Waals surface area contributed by atoms with Crippen molar-refractivity contribution in [2.75, 3.05) is 0 Å². The largest absolute Gasteiger partial charge is 0.472 e. The summed E-state index contributed by atoms with van der Waals surface area (Å²) in [5.74, 6) is -1.05. The van der Waals surface area contributed by atoms with E-state index in [9.17, 15) is 14.7 Å². The molecule has 2 aliphatic heterocycles. The fourth-order valence-corrected chi connectivity index (χ4v) is 5.48. The summed E-state index contributed by atoms with van der Waals surface area (Å²) in [6, 6.07) is 1.80. The van der Waals surface area contributed by atoms with Crippen molar-refractivity contribution in [2.45, 2.75) is 50.9 Å². The summed E-state index contributed by atoms with van der Waals surface area (Å²) in [6.07, 6.45) is 4.11. The lowest BCUT2D eigenvalue weighted by molar-refractivity contribution is -0.166. The molecule has 0 unspecified atom stereocenters. The van der Waals surface area contributed by atoms with Crippen molar-refractivity contribution in [1.29, 1.82) is 0 Å². The quantitative estimate of drug-likeness (QED) is 0.787. The third-order valence-corrected chi connectivity index (χ3v) is 6.75. The molecule has 5 rings (SSSR count). The van der Waals surface area contributed by atoms with Gasteiger partial charge >= 0.3 is 11.9 Å². The molecular weight excluding hydrogens is 324 g/mol. The Labute approximate surface area is 144 Å². The summed E-state index contributed by atoms with van der Waals surface area (Å²) in [5, 5.41) is 10.8. The fraction of sp³-hybridized carbons (Fsp3) is 0.579. The maximum atomic E-state index is 13.1. The van der Waals surface area contributed by atoms with Crippen LogP contribution in [0.4, 0.5) is 0 Å². The van der Waals surface area contributed by atoms with Crippen LogP contribution in [0.25, 0.3) is 0 Å². The van der Waals surface area contributed by atoms with Crippen molar-refractivity contribution in [3.63, 3.8) is 0 Å². The van der Waals surface area contributed by atoms with E-state index >= 15 is 0 Å². The van der Waals surface area contributed by atoms with Gasteiger partial charge in [0.15, 0.2) is 6.10 Å². The van der Waals surface area contributed by atoms with Crippen LogP contribution in [0.5, 0.6) is 0 Å². The maximum Gasteiger partial charge on any atom is 0.334 e. The molecule has 6 nitrogen and oxygen atoms in total. The molecule has 6 heteroatoms. The van der Waals surface area contributed by atoms with Gasteiger partial charge in [0.25, 0.3) is 0 Å². The average Bonchev–Trinajstić information content (AvgIpc) is 3.31. The SMILES string of the molecule is C[C@H]1[C@@H](O)[C@H]2OC(=O)C3=C2[C@H](CCC3)[C@]12C[C@H](c1ccoc1)OC2=O. The molecule has 1 aromatic heterocycles. The smallest absolute Gasteiger partial charge is 0.334 e. The van der Waals surface area contributed by atoms with Gasteiger partial charge in [0.2, 0.25) is 0 Å². The molecule has 132 valence electrons. The van der Waals surface area contributed by atoms with E-state index in [1.807, 2.05) is 6.92 Å². The van der Waals surface area contributed by atoms with E-state index in [2.05, 4.69) is 0 Å². The van der Waals surface area contributed by atoms with Gasteiger partial charge in [0.1, 0.15) is 6.10 Å². The molecule has 0 radical (unpaired) electrons. The van der Waals surface area contributed by atoms with E-state index in [-0.39, 0.29) is 29.9 Å². The standard InChI is InChI=1S/C19H20O6/c1-9-15(20)16-14-11(17(21)25-16)3-2-4-12(14)19(9)7-13(24-18(19)22)10-5-6-23-8-10/h5-6,8-9,12-13,15-16,20H,2-4,7H2,1H3/t9-,12-,13+,15+,16-,19-/m0/s1. The van der Waals surface area contributed by atoms with Crippen molar-refractivity contribution in [1.82, 2.24) is 0 Å². The zero-order valence-electron chi connectivity index (χ0n) is 13.9. The van der Waals surface area contributed by atoms with Crippen LogP contribution in [0.3, 0.4) is 0 Å². The van der Waals surface area contributed by atoms with Gasteiger partial charge in [-0.25, -0.2) is 4.79 Å². The number of esters is 2. The predicted molar refractivity (Wildman–Crippen MR) is 84.0 cm³/mol. The predicted octanol–water partition coefficient (Wildman–Crippen LogP) is 2.29. The zero-order chi connectivity index (χ0) is 17.3. The molecular formula is C19H20O6. The zero-order valence-corrected chi connectivity index (χ0v) is 13.9. The molecule has 3 heterocycles. The van der Waals surface area contributed by atoms with Crippen molar-refractivity contribution in [3.05, 3.63) is 35.3 Å². The van der Waals surface area contributed by atoms with Gasteiger partial charge in [-0.3, -0.25) is 4.79 Å². The Morgan fingerprint density at radius 1 is 1.28 bits per heavy atom. The number of cyclic esters (lactones) is 1. The van der Waals surface area contributed by atoms with E-state index in [1.54, 1.807) is 18.6 Å². The fourth-order valence-electron chi connectivity index (χ4n) is 5.48. The second-order valence-electron chi connectivity index (χ2n) is 7.68. The lowest BCUT2D eigenvalue weighted by Crippen LogP contribution is -2.56. The monoisotopic (exact) mass is 344 g/mol. The van der Waals surface area contributed by atoms with Gasteiger partial charge in [-0.15, -0.1) is 0 Å². The first-order chi connectivity index (χ1) is 12.0. The Balaban J connectivity index is 1.63. The number of hydrogen-bond donors (Lipinski definition) is 1. The summed E-state index contributed by atoms with van der Waals surface area (Å²) >= 11 is 0. The van der Waals surface area contributed by atoms with Crippen LogP contribution < -0.4 is 0 Å². The number of rotatable bonds is 1. The molecule has 2 aliphatic carbocycles. The van der Waals surface area contributed by atoms with Gasteiger partial charge in [-0.1, -0.05) is 6.92 Å². The number of hydrogen-bond acceptors (Lipinski definition) is 6. The van der Waals surface area contributed by atoms with Crippen LogP contribution in [-0.4, -0.2) is 29.3 Å². The Hall–Kier alpha value is -2.08. The number of furan rings is 1. The molecule has 1 spiro atoms. The Morgan fingerprint density at radius 2 is 2.12 bits per heavy atom. The van der Waals surface area contributed by atoms with E-state index in [0.29, 0.717) is 18.4 Å². The molecule has 1 saturated heterocycles. The lowest BCUT2D eigenvalue weighted by Gasteiger charge is -2.49. The number of ether oxygens (including phenoxy) is 2. The van der Waals surface area contributed by atoms with Gasteiger partial charge < -0.3 is 19.0 Å². The molecule has 0 aromatic carbocycles. The third kappa shape index (κ3) is 1.78. The molecule has 4 aliphatic rings. The normalized spacial score (nSPS) is 42.6. The van der Waals surface area contributed by atoms with Gasteiger partial charge in [0, 0.05) is 29.4 Å². The van der Waals surface area contributed by atoms with Crippen molar-refractivity contribution >= 4 is 11.9 Å². The number of carbonyl (C=O) groups excluding carboxylic acids is 2. The first-order valence-electron chi connectivity index (χ1n) is 8.89. The van der Waals surface area contributed by atoms with Crippen molar-refractivity contribution in [2.24, 2.45) is 17.3 Å². The highest BCUT2D eigenvalue weighted by molar-refractivity contribution is 5.94. The Bertz CT molecular complexity index is 778. The topological polar surface area (TPSA) is 86.0 Å². The van der Waals surface area contributed by atoms with E-state index in [4.69, 9.17) is 13.9 Å². The summed E-state index contributed by atoms with van der Waals surface area (Å²) in [6.45, 7) is 1.88. The molecule has 6 atom stereocenters. The summed E-state index contributed by atoms with van der Waals surface area (Å²) in [4.78, 5) is 25.3. The second kappa shape index (κ2) is 4.97. The minimum atomic E-state index is -0.888. The Morgan fingerprint density at radius 3 is 2.88 bits per heavy atom. The minimum Gasteiger partial charge on any atom is -0.472 e. The van der Waals surface area contributed by atoms with E-state index in [0.717, 1.165) is 24.0 Å². The van der Waals surface area contributed by atoms with Crippen LogP contribution in [0.15, 0.2) is 34.2 Å². The van der Waals surface area contributed by atoms with Crippen LogP contribution in [0.1, 0.15) is 44.3 Å². The second-order valence-corrected chi connectivity index (χ2v) is 7.68. The highest BCUT2D eigenvalue weighted by Crippen LogP contribution is 2.62. The molecule has 1 aromatic rings. The van der Waals surface area contributed by atoms with Gasteiger partial charge in [0.05, 0.1) is 24.0 Å². The Kier molecular flexibility index (Phi) is 3.02. The van der Waals surface area contributed by atoms with Crippen molar-refractivity contribution < 1.29 is 28.6 Å². The first kappa shape index (κ1) is 15.2. The number of fused-ring (bicyclic) bond motifs is 1. The van der Waals surface area contributed by atoms with Gasteiger partial charge in [-0.05, 0) is 30.9 Å². The van der Waals surface area contributed by atoms with Crippen LogP contribution in [0, 0.1) is 17.3 Å². The first-order valence-corrected chi connectivity index (χ1v) is 8.89. The van der Waals surface area contributed by atoms with Crippen molar-refractivity contribution in [3.8, 4) is 0 Å². The highest BCUT2D eigenvalue weighted by atomic mass is 16.6. The van der Waals surface area contributed by atoms with Crippen LogP contribution >= 0.6 is 0 Å². The molecule has 1 N–H and O–H groups in total. The van der Waals surface area contributed by atoms with Crippen LogP contribution in [-0.2, 0) is 19.1 Å². The molecule has 2 fully saturated rings. The molecule has 0 bridgehead atoms. The maximum absolute atomic E-state index is 13.1. The minimum absolute atomic E-state index is 0.101. The number of aliphatic hydroxyl groups excluding tert-OH is 1. The summed E-state index contributed by atoms with van der Waals surface area (Å²) in [7, 11) is 0. The lowest BCUT2D eigenvalue weighted by atomic mass is 9.53. The highest BCUT2D eigenvalue weighted by Gasteiger charge is 2.67. The summed E-state index contributed by atoms with van der Waals surface area (Å²) in [5.41, 5.74) is 1.54. The van der Waals surface area contributed by atoms with E-state index < -0.39 is 17.6 Å². The summed E-state index contributed by atoms with van der Waals surface area (Å²) < 4.78 is 16.3. The number of carbonyl (C=O) groups is 2. The molecule has 1 saturated carbocycles. The number of aliphatic hydroxyl groups is 1. The third-order valence-electron chi connectivity index (χ3n) is 6.75. The average molecular weight is 344 g/mol.